The molecule has 0 radical (unpaired) electrons. The molecule has 0 aromatic heterocycles. The third kappa shape index (κ3) is 2.37. The standard InChI is InChI=1S/C11H11BrFNO/c12-10-6-7(13)4-5-9(10)11(15)14-8-2-1-3-8/h4-6,8H,1-3H2,(H,14,15). The Morgan fingerprint density at radius 2 is 2.20 bits per heavy atom. The maximum atomic E-state index is 12.8. The first kappa shape index (κ1) is 10.6. The van der Waals surface area contributed by atoms with Gasteiger partial charge < -0.3 is 5.32 Å². The van der Waals surface area contributed by atoms with Crippen molar-refractivity contribution in [1.29, 1.82) is 0 Å². The van der Waals surface area contributed by atoms with Gasteiger partial charge in [-0.25, -0.2) is 4.39 Å². The van der Waals surface area contributed by atoms with E-state index in [1.807, 2.05) is 0 Å². The summed E-state index contributed by atoms with van der Waals surface area (Å²) in [5.74, 6) is -0.478. The summed E-state index contributed by atoms with van der Waals surface area (Å²) in [6, 6.07) is 4.39. The topological polar surface area (TPSA) is 29.1 Å². The van der Waals surface area contributed by atoms with Crippen molar-refractivity contribution < 1.29 is 9.18 Å². The molecule has 80 valence electrons. The minimum Gasteiger partial charge on any atom is -0.349 e. The van der Waals surface area contributed by atoms with Crippen LogP contribution in [0.4, 0.5) is 4.39 Å². The van der Waals surface area contributed by atoms with Gasteiger partial charge in [0.1, 0.15) is 5.82 Å². The normalized spacial score (nSPS) is 15.9. The van der Waals surface area contributed by atoms with Crippen molar-refractivity contribution in [3.8, 4) is 0 Å². The zero-order chi connectivity index (χ0) is 10.8. The monoisotopic (exact) mass is 271 g/mol. The summed E-state index contributed by atoms with van der Waals surface area (Å²) in [5, 5.41) is 2.90. The van der Waals surface area contributed by atoms with Crippen LogP contribution in [0, 0.1) is 5.82 Å². The van der Waals surface area contributed by atoms with Crippen molar-refractivity contribution in [2.24, 2.45) is 0 Å². The summed E-state index contributed by atoms with van der Waals surface area (Å²) in [6.45, 7) is 0. The molecular formula is C11H11BrFNO. The van der Waals surface area contributed by atoms with Crippen LogP contribution in [0.2, 0.25) is 0 Å². The van der Waals surface area contributed by atoms with Crippen molar-refractivity contribution >= 4 is 21.8 Å². The highest BCUT2D eigenvalue weighted by Gasteiger charge is 2.21. The third-order valence-corrected chi connectivity index (χ3v) is 3.27. The van der Waals surface area contributed by atoms with Gasteiger partial charge in [-0.05, 0) is 53.4 Å². The van der Waals surface area contributed by atoms with Crippen molar-refractivity contribution in [3.63, 3.8) is 0 Å². The van der Waals surface area contributed by atoms with Gasteiger partial charge in [0.05, 0.1) is 5.56 Å². The van der Waals surface area contributed by atoms with Gasteiger partial charge in [-0.1, -0.05) is 0 Å². The fourth-order valence-corrected chi connectivity index (χ4v) is 2.02. The molecule has 2 nitrogen and oxygen atoms in total. The molecule has 1 amide bonds. The number of carbonyl (C=O) groups is 1. The van der Waals surface area contributed by atoms with Crippen LogP contribution in [0.25, 0.3) is 0 Å². The average Bonchev–Trinajstić information content (AvgIpc) is 2.11. The lowest BCUT2D eigenvalue weighted by Gasteiger charge is -2.26. The van der Waals surface area contributed by atoms with E-state index in [4.69, 9.17) is 0 Å². The maximum Gasteiger partial charge on any atom is 0.252 e. The fourth-order valence-electron chi connectivity index (χ4n) is 1.49. The molecular weight excluding hydrogens is 261 g/mol. The molecule has 0 atom stereocenters. The Labute approximate surface area is 96.0 Å². The molecule has 0 unspecified atom stereocenters. The maximum absolute atomic E-state index is 12.8. The van der Waals surface area contributed by atoms with Crippen molar-refractivity contribution in [1.82, 2.24) is 5.32 Å². The first-order chi connectivity index (χ1) is 7.16. The molecule has 1 N–H and O–H groups in total. The first-order valence-corrected chi connectivity index (χ1v) is 5.72. The summed E-state index contributed by atoms with van der Waals surface area (Å²) >= 11 is 3.18. The fraction of sp³-hybridized carbons (Fsp3) is 0.364. The van der Waals surface area contributed by atoms with Crippen LogP contribution in [0.3, 0.4) is 0 Å². The van der Waals surface area contributed by atoms with E-state index >= 15 is 0 Å². The van der Waals surface area contributed by atoms with Crippen molar-refractivity contribution in [2.45, 2.75) is 25.3 Å². The molecule has 0 saturated heterocycles. The van der Waals surface area contributed by atoms with E-state index < -0.39 is 0 Å². The lowest BCUT2D eigenvalue weighted by molar-refractivity contribution is 0.0916. The SMILES string of the molecule is O=C(NC1CCC1)c1ccc(F)cc1Br. The van der Waals surface area contributed by atoms with E-state index in [9.17, 15) is 9.18 Å². The molecule has 15 heavy (non-hydrogen) atoms. The number of hydrogen-bond donors (Lipinski definition) is 1. The summed E-state index contributed by atoms with van der Waals surface area (Å²) < 4.78 is 13.3. The van der Waals surface area contributed by atoms with Crippen LogP contribution < -0.4 is 5.32 Å². The number of nitrogens with one attached hydrogen (secondary N) is 1. The second-order valence-corrected chi connectivity index (χ2v) is 4.58. The second-order valence-electron chi connectivity index (χ2n) is 3.73. The van der Waals surface area contributed by atoms with Crippen LogP contribution in [0.5, 0.6) is 0 Å². The van der Waals surface area contributed by atoms with E-state index in [2.05, 4.69) is 21.2 Å². The van der Waals surface area contributed by atoms with Crippen LogP contribution in [-0.2, 0) is 0 Å². The molecule has 1 aromatic rings. The molecule has 0 spiro atoms. The largest absolute Gasteiger partial charge is 0.349 e. The van der Waals surface area contributed by atoms with E-state index in [0.29, 0.717) is 16.1 Å². The molecule has 0 aliphatic heterocycles. The molecule has 1 aromatic carbocycles. The lowest BCUT2D eigenvalue weighted by atomic mass is 9.93. The zero-order valence-corrected chi connectivity index (χ0v) is 9.68. The van der Waals surface area contributed by atoms with Crippen LogP contribution in [-0.4, -0.2) is 11.9 Å². The third-order valence-electron chi connectivity index (χ3n) is 2.62. The summed E-state index contributed by atoms with van der Waals surface area (Å²) in [4.78, 5) is 11.7. The van der Waals surface area contributed by atoms with E-state index in [-0.39, 0.29) is 11.7 Å². The molecule has 1 aliphatic rings. The van der Waals surface area contributed by atoms with Crippen LogP contribution >= 0.6 is 15.9 Å². The Balaban J connectivity index is 2.10. The quantitative estimate of drug-likeness (QED) is 0.881. The molecule has 1 aliphatic carbocycles. The highest BCUT2D eigenvalue weighted by Crippen LogP contribution is 2.21. The van der Waals surface area contributed by atoms with Gasteiger partial charge in [-0.15, -0.1) is 0 Å². The number of halogens is 2. The second kappa shape index (κ2) is 4.31. The molecule has 1 saturated carbocycles. The Morgan fingerprint density at radius 3 is 2.73 bits per heavy atom. The van der Waals surface area contributed by atoms with Gasteiger partial charge in [-0.3, -0.25) is 4.79 Å². The minimum atomic E-state index is -0.345. The Morgan fingerprint density at radius 1 is 1.47 bits per heavy atom. The molecule has 2 rings (SSSR count). The number of rotatable bonds is 2. The first-order valence-electron chi connectivity index (χ1n) is 4.93. The predicted molar refractivity (Wildman–Crippen MR) is 59.2 cm³/mol. The number of benzene rings is 1. The van der Waals surface area contributed by atoms with Gasteiger partial charge in [-0.2, -0.15) is 0 Å². The molecule has 4 heteroatoms. The smallest absolute Gasteiger partial charge is 0.252 e. The Bertz CT molecular complexity index is 390. The van der Waals surface area contributed by atoms with Gasteiger partial charge in [0.15, 0.2) is 0 Å². The lowest BCUT2D eigenvalue weighted by Crippen LogP contribution is -2.39. The van der Waals surface area contributed by atoms with Gasteiger partial charge in [0.2, 0.25) is 0 Å². The highest BCUT2D eigenvalue weighted by molar-refractivity contribution is 9.10. The zero-order valence-electron chi connectivity index (χ0n) is 8.09. The predicted octanol–water partition coefficient (Wildman–Crippen LogP) is 2.87. The number of carbonyl (C=O) groups excluding carboxylic acids is 1. The van der Waals surface area contributed by atoms with Gasteiger partial charge in [0.25, 0.3) is 5.91 Å². The van der Waals surface area contributed by atoms with Gasteiger partial charge in [0, 0.05) is 10.5 Å². The van der Waals surface area contributed by atoms with E-state index in [1.165, 1.54) is 24.6 Å². The minimum absolute atomic E-state index is 0.133. The number of hydrogen-bond acceptors (Lipinski definition) is 1. The average molecular weight is 272 g/mol. The summed E-state index contributed by atoms with van der Waals surface area (Å²) in [6.07, 6.45) is 3.27. The number of amides is 1. The van der Waals surface area contributed by atoms with E-state index in [1.54, 1.807) is 0 Å². The van der Waals surface area contributed by atoms with Crippen LogP contribution in [0.15, 0.2) is 22.7 Å². The Hall–Kier alpha value is -0.900. The van der Waals surface area contributed by atoms with E-state index in [0.717, 1.165) is 12.8 Å². The molecule has 0 bridgehead atoms. The van der Waals surface area contributed by atoms with Crippen molar-refractivity contribution in [2.75, 3.05) is 0 Å². The molecule has 1 fully saturated rings. The molecule has 0 heterocycles. The Kier molecular flexibility index (Phi) is 3.05. The summed E-state index contributed by atoms with van der Waals surface area (Å²) in [7, 11) is 0. The highest BCUT2D eigenvalue weighted by atomic mass is 79.9. The van der Waals surface area contributed by atoms with Gasteiger partial charge >= 0.3 is 0 Å². The summed E-state index contributed by atoms with van der Waals surface area (Å²) in [5.41, 5.74) is 0.489. The van der Waals surface area contributed by atoms with Crippen LogP contribution in [0.1, 0.15) is 29.6 Å². The van der Waals surface area contributed by atoms with Crippen molar-refractivity contribution in [3.05, 3.63) is 34.1 Å².